The maximum atomic E-state index is 12.6. The maximum absolute atomic E-state index is 12.6. The van der Waals surface area contributed by atoms with Gasteiger partial charge in [0.25, 0.3) is 5.91 Å². The fourth-order valence-corrected chi connectivity index (χ4v) is 3.36. The zero-order valence-corrected chi connectivity index (χ0v) is 15.2. The van der Waals surface area contributed by atoms with Crippen molar-refractivity contribution in [1.29, 1.82) is 0 Å². The second kappa shape index (κ2) is 8.37. The predicted octanol–water partition coefficient (Wildman–Crippen LogP) is 3.35. The molecule has 3 rings (SSSR count). The fourth-order valence-electron chi connectivity index (χ4n) is 3.17. The van der Waals surface area contributed by atoms with Crippen LogP contribution in [-0.2, 0) is 6.42 Å². The molecular weight excluding hydrogens is 336 g/mol. The van der Waals surface area contributed by atoms with Crippen LogP contribution in [0.1, 0.15) is 15.9 Å². The molecule has 0 unspecified atom stereocenters. The van der Waals surface area contributed by atoms with E-state index in [1.807, 2.05) is 35.2 Å². The molecule has 25 heavy (non-hydrogen) atoms. The van der Waals surface area contributed by atoms with Crippen molar-refractivity contribution in [3.63, 3.8) is 0 Å². The molecule has 2 aromatic rings. The number of halogens is 1. The number of hydrogen-bond donors (Lipinski definition) is 0. The third-order valence-electron chi connectivity index (χ3n) is 4.62. The number of ether oxygens (including phenoxy) is 1. The van der Waals surface area contributed by atoms with Crippen LogP contribution in [0, 0.1) is 0 Å². The molecule has 0 saturated carbocycles. The molecule has 1 heterocycles. The summed E-state index contributed by atoms with van der Waals surface area (Å²) in [6.45, 7) is 4.25. The van der Waals surface area contributed by atoms with Gasteiger partial charge in [-0.2, -0.15) is 0 Å². The van der Waals surface area contributed by atoms with Gasteiger partial charge in [-0.15, -0.1) is 0 Å². The van der Waals surface area contributed by atoms with E-state index < -0.39 is 0 Å². The molecule has 5 heteroatoms. The van der Waals surface area contributed by atoms with E-state index in [0.717, 1.165) is 44.9 Å². The highest BCUT2D eigenvalue weighted by Gasteiger charge is 2.22. The van der Waals surface area contributed by atoms with Crippen LogP contribution in [-0.4, -0.2) is 55.5 Å². The Hall–Kier alpha value is -2.04. The van der Waals surface area contributed by atoms with Crippen LogP contribution in [0.15, 0.2) is 48.5 Å². The van der Waals surface area contributed by atoms with Crippen molar-refractivity contribution in [2.24, 2.45) is 0 Å². The SMILES string of the molecule is COc1ccccc1CCN1CCN(C(=O)c2cccc(Cl)c2)CC1. The number of carbonyl (C=O) groups excluding carboxylic acids is 1. The number of para-hydroxylation sites is 1. The molecule has 2 aromatic carbocycles. The average molecular weight is 359 g/mol. The van der Waals surface area contributed by atoms with Gasteiger partial charge in [-0.1, -0.05) is 35.9 Å². The number of hydrogen-bond acceptors (Lipinski definition) is 3. The number of methoxy groups -OCH3 is 1. The number of amides is 1. The van der Waals surface area contributed by atoms with Crippen LogP contribution in [0.4, 0.5) is 0 Å². The molecule has 1 amide bonds. The highest BCUT2D eigenvalue weighted by atomic mass is 35.5. The molecule has 1 aliphatic rings. The van der Waals surface area contributed by atoms with Crippen LogP contribution in [0.5, 0.6) is 5.75 Å². The van der Waals surface area contributed by atoms with Crippen molar-refractivity contribution in [1.82, 2.24) is 9.80 Å². The van der Waals surface area contributed by atoms with Crippen LogP contribution in [0.25, 0.3) is 0 Å². The zero-order valence-electron chi connectivity index (χ0n) is 14.5. The molecule has 1 fully saturated rings. The standard InChI is InChI=1S/C20H23ClN2O2/c1-25-19-8-3-2-5-16(19)9-10-22-11-13-23(14-12-22)20(24)17-6-4-7-18(21)15-17/h2-8,15H,9-14H2,1H3. The topological polar surface area (TPSA) is 32.8 Å². The Labute approximate surface area is 154 Å². The third-order valence-corrected chi connectivity index (χ3v) is 4.86. The predicted molar refractivity (Wildman–Crippen MR) is 100 cm³/mol. The van der Waals surface area contributed by atoms with Crippen LogP contribution in [0.2, 0.25) is 5.02 Å². The molecule has 0 aliphatic carbocycles. The lowest BCUT2D eigenvalue weighted by molar-refractivity contribution is 0.0638. The molecule has 4 nitrogen and oxygen atoms in total. The lowest BCUT2D eigenvalue weighted by Gasteiger charge is -2.34. The Balaban J connectivity index is 1.51. The van der Waals surface area contributed by atoms with E-state index in [4.69, 9.17) is 16.3 Å². The van der Waals surface area contributed by atoms with E-state index in [1.165, 1.54) is 5.56 Å². The molecule has 0 bridgehead atoms. The summed E-state index contributed by atoms with van der Waals surface area (Å²) in [4.78, 5) is 16.9. The van der Waals surface area contributed by atoms with Crippen molar-refractivity contribution in [3.05, 3.63) is 64.7 Å². The smallest absolute Gasteiger partial charge is 0.253 e. The largest absolute Gasteiger partial charge is 0.496 e. The quantitative estimate of drug-likeness (QED) is 0.821. The van der Waals surface area contributed by atoms with Gasteiger partial charge < -0.3 is 9.64 Å². The van der Waals surface area contributed by atoms with E-state index in [9.17, 15) is 4.79 Å². The summed E-state index contributed by atoms with van der Waals surface area (Å²) in [7, 11) is 1.71. The molecule has 1 aliphatic heterocycles. The number of carbonyl (C=O) groups is 1. The van der Waals surface area contributed by atoms with Crippen LogP contribution in [0.3, 0.4) is 0 Å². The molecule has 132 valence electrons. The number of benzene rings is 2. The van der Waals surface area contributed by atoms with Gasteiger partial charge in [0.15, 0.2) is 0 Å². The first kappa shape index (κ1) is 17.8. The minimum atomic E-state index is 0.0619. The van der Waals surface area contributed by atoms with Gasteiger partial charge in [0.05, 0.1) is 7.11 Å². The first-order valence-corrected chi connectivity index (χ1v) is 8.94. The summed E-state index contributed by atoms with van der Waals surface area (Å²) in [6, 6.07) is 15.3. The Morgan fingerprint density at radius 2 is 1.84 bits per heavy atom. The Morgan fingerprint density at radius 3 is 2.56 bits per heavy atom. The number of nitrogens with zero attached hydrogens (tertiary/aromatic N) is 2. The second-order valence-electron chi connectivity index (χ2n) is 6.21. The fraction of sp³-hybridized carbons (Fsp3) is 0.350. The first-order chi connectivity index (χ1) is 12.2. The second-order valence-corrected chi connectivity index (χ2v) is 6.64. The average Bonchev–Trinajstić information content (AvgIpc) is 2.66. The van der Waals surface area contributed by atoms with Gasteiger partial charge in [0, 0.05) is 43.3 Å². The van der Waals surface area contributed by atoms with Gasteiger partial charge in [0.1, 0.15) is 5.75 Å². The van der Waals surface area contributed by atoms with Gasteiger partial charge >= 0.3 is 0 Å². The Bertz CT molecular complexity index is 727. The summed E-state index contributed by atoms with van der Waals surface area (Å²) < 4.78 is 5.41. The normalized spacial score (nSPS) is 15.2. The molecule has 0 N–H and O–H groups in total. The van der Waals surface area contributed by atoms with Gasteiger partial charge in [-0.05, 0) is 36.2 Å². The molecule has 0 radical (unpaired) electrons. The number of piperazine rings is 1. The monoisotopic (exact) mass is 358 g/mol. The highest BCUT2D eigenvalue weighted by molar-refractivity contribution is 6.30. The van der Waals surface area contributed by atoms with Crippen molar-refractivity contribution >= 4 is 17.5 Å². The molecule has 0 spiro atoms. The van der Waals surface area contributed by atoms with E-state index in [2.05, 4.69) is 11.0 Å². The zero-order chi connectivity index (χ0) is 17.6. The lowest BCUT2D eigenvalue weighted by Crippen LogP contribution is -2.49. The first-order valence-electron chi connectivity index (χ1n) is 8.56. The molecular formula is C20H23ClN2O2. The summed E-state index contributed by atoms with van der Waals surface area (Å²) in [5, 5.41) is 0.598. The Kier molecular flexibility index (Phi) is 5.95. The summed E-state index contributed by atoms with van der Waals surface area (Å²) in [5.41, 5.74) is 1.89. The molecule has 0 atom stereocenters. The summed E-state index contributed by atoms with van der Waals surface area (Å²) in [6.07, 6.45) is 0.951. The van der Waals surface area contributed by atoms with E-state index in [0.29, 0.717) is 10.6 Å². The van der Waals surface area contributed by atoms with Crippen molar-refractivity contribution in [2.45, 2.75) is 6.42 Å². The third kappa shape index (κ3) is 4.53. The van der Waals surface area contributed by atoms with E-state index in [1.54, 1.807) is 19.2 Å². The van der Waals surface area contributed by atoms with Crippen LogP contribution < -0.4 is 4.74 Å². The van der Waals surface area contributed by atoms with Gasteiger partial charge in [-0.3, -0.25) is 9.69 Å². The van der Waals surface area contributed by atoms with Crippen molar-refractivity contribution in [2.75, 3.05) is 39.8 Å². The minimum absolute atomic E-state index is 0.0619. The van der Waals surface area contributed by atoms with Gasteiger partial charge in [0.2, 0.25) is 0 Å². The van der Waals surface area contributed by atoms with Crippen molar-refractivity contribution < 1.29 is 9.53 Å². The number of rotatable bonds is 5. The molecule has 1 saturated heterocycles. The van der Waals surface area contributed by atoms with Crippen molar-refractivity contribution in [3.8, 4) is 5.75 Å². The molecule has 0 aromatic heterocycles. The van der Waals surface area contributed by atoms with Gasteiger partial charge in [-0.25, -0.2) is 0 Å². The minimum Gasteiger partial charge on any atom is -0.496 e. The van der Waals surface area contributed by atoms with E-state index >= 15 is 0 Å². The van der Waals surface area contributed by atoms with Crippen LogP contribution >= 0.6 is 11.6 Å². The Morgan fingerprint density at radius 1 is 1.08 bits per heavy atom. The highest BCUT2D eigenvalue weighted by Crippen LogP contribution is 2.19. The lowest BCUT2D eigenvalue weighted by atomic mass is 10.1. The summed E-state index contributed by atoms with van der Waals surface area (Å²) >= 11 is 5.99. The van der Waals surface area contributed by atoms with E-state index in [-0.39, 0.29) is 5.91 Å². The summed E-state index contributed by atoms with van der Waals surface area (Å²) in [5.74, 6) is 1.00. The maximum Gasteiger partial charge on any atom is 0.253 e.